The summed E-state index contributed by atoms with van der Waals surface area (Å²) in [6.45, 7) is 2.38. The molecule has 2 aliphatic rings. The predicted molar refractivity (Wildman–Crippen MR) is 69.3 cm³/mol. The van der Waals surface area contributed by atoms with Crippen LogP contribution in [0.1, 0.15) is 36.9 Å². The summed E-state index contributed by atoms with van der Waals surface area (Å²) in [7, 11) is 0. The molecule has 0 radical (unpaired) electrons. The number of hydrogen-bond acceptors (Lipinski definition) is 3. The summed E-state index contributed by atoms with van der Waals surface area (Å²) < 4.78 is 0. The maximum atomic E-state index is 12.1. The fraction of sp³-hybridized carbons (Fsp3) is 0.500. The van der Waals surface area contributed by atoms with Crippen LogP contribution < -0.4 is 5.32 Å². The van der Waals surface area contributed by atoms with Crippen molar-refractivity contribution in [1.82, 2.24) is 15.2 Å². The summed E-state index contributed by atoms with van der Waals surface area (Å²) in [4.78, 5) is 30.1. The molecule has 1 saturated heterocycles. The average Bonchev–Trinajstić information content (AvgIpc) is 2.95. The van der Waals surface area contributed by atoms with Crippen LogP contribution in [0.4, 0.5) is 4.79 Å². The molecule has 1 N–H and O–H groups in total. The second-order valence-corrected chi connectivity index (χ2v) is 5.35. The molecule has 0 unspecified atom stereocenters. The van der Waals surface area contributed by atoms with Gasteiger partial charge in [0, 0.05) is 6.20 Å². The normalized spacial score (nSPS) is 21.2. The molecule has 0 aromatic carbocycles. The maximum Gasteiger partial charge on any atom is 0.325 e. The summed E-state index contributed by atoms with van der Waals surface area (Å²) in [6, 6.07) is 3.57. The van der Waals surface area contributed by atoms with E-state index in [4.69, 9.17) is 0 Å². The van der Waals surface area contributed by atoms with Crippen LogP contribution in [0.25, 0.3) is 0 Å². The van der Waals surface area contributed by atoms with Crippen LogP contribution in [0.2, 0.25) is 0 Å². The van der Waals surface area contributed by atoms with Crippen LogP contribution in [-0.2, 0) is 11.3 Å². The highest BCUT2D eigenvalue weighted by molar-refractivity contribution is 6.07. The van der Waals surface area contributed by atoms with E-state index in [2.05, 4.69) is 10.3 Å². The zero-order valence-corrected chi connectivity index (χ0v) is 11.0. The topological polar surface area (TPSA) is 62.3 Å². The highest BCUT2D eigenvalue weighted by atomic mass is 16.2. The van der Waals surface area contributed by atoms with Gasteiger partial charge in [0.05, 0.1) is 12.2 Å². The molecule has 1 aromatic heterocycles. The van der Waals surface area contributed by atoms with Crippen molar-refractivity contribution in [3.05, 3.63) is 29.6 Å². The molecule has 1 aliphatic heterocycles. The fourth-order valence-corrected chi connectivity index (χ4v) is 3.11. The number of aryl methyl sites for hydroxylation is 1. The summed E-state index contributed by atoms with van der Waals surface area (Å²) in [5, 5.41) is 2.46. The van der Waals surface area contributed by atoms with Crippen molar-refractivity contribution in [2.75, 3.05) is 0 Å². The van der Waals surface area contributed by atoms with E-state index in [1.807, 2.05) is 19.1 Å². The van der Waals surface area contributed by atoms with Gasteiger partial charge in [-0.05, 0) is 31.4 Å². The first-order valence-corrected chi connectivity index (χ1v) is 6.67. The minimum absolute atomic E-state index is 0.136. The molecule has 2 fully saturated rings. The van der Waals surface area contributed by atoms with Crippen LogP contribution in [0, 0.1) is 6.92 Å². The van der Waals surface area contributed by atoms with E-state index >= 15 is 0 Å². The Balaban J connectivity index is 1.92. The highest BCUT2D eigenvalue weighted by Crippen LogP contribution is 2.39. The molecule has 1 saturated carbocycles. The lowest BCUT2D eigenvalue weighted by molar-refractivity contribution is -0.126. The van der Waals surface area contributed by atoms with Gasteiger partial charge in [0.2, 0.25) is 0 Å². The summed E-state index contributed by atoms with van der Waals surface area (Å²) in [6.07, 6.45) is 5.24. The van der Waals surface area contributed by atoms with Gasteiger partial charge in [0.15, 0.2) is 0 Å². The van der Waals surface area contributed by atoms with Gasteiger partial charge < -0.3 is 4.90 Å². The molecule has 2 heterocycles. The molecular formula is C14H17N3O2. The SMILES string of the molecule is Cc1cccnc1CN1C(=O)NC(=O)C12CCCC2. The number of carbonyl (C=O) groups excluding carboxylic acids is 2. The second kappa shape index (κ2) is 4.33. The molecule has 5 nitrogen and oxygen atoms in total. The first kappa shape index (κ1) is 12.1. The van der Waals surface area contributed by atoms with Crippen LogP contribution in [-0.4, -0.2) is 27.4 Å². The summed E-state index contributed by atoms with van der Waals surface area (Å²) in [5.41, 5.74) is 1.28. The van der Waals surface area contributed by atoms with Gasteiger partial charge in [0.25, 0.3) is 5.91 Å². The van der Waals surface area contributed by atoms with Gasteiger partial charge in [-0.25, -0.2) is 4.79 Å². The number of amides is 3. The molecule has 5 heteroatoms. The number of nitrogens with zero attached hydrogens (tertiary/aromatic N) is 2. The number of urea groups is 1. The third-order valence-corrected chi connectivity index (χ3v) is 4.26. The maximum absolute atomic E-state index is 12.1. The van der Waals surface area contributed by atoms with E-state index in [1.54, 1.807) is 11.1 Å². The van der Waals surface area contributed by atoms with Crippen molar-refractivity contribution in [2.24, 2.45) is 0 Å². The number of hydrogen-bond donors (Lipinski definition) is 1. The Morgan fingerprint density at radius 2 is 2.11 bits per heavy atom. The molecular weight excluding hydrogens is 242 g/mol. The zero-order valence-electron chi connectivity index (χ0n) is 11.0. The number of carbonyl (C=O) groups is 2. The van der Waals surface area contributed by atoms with E-state index in [0.29, 0.717) is 6.54 Å². The monoisotopic (exact) mass is 259 g/mol. The smallest absolute Gasteiger partial charge is 0.304 e. The third-order valence-electron chi connectivity index (χ3n) is 4.26. The molecule has 19 heavy (non-hydrogen) atoms. The lowest BCUT2D eigenvalue weighted by atomic mass is 9.95. The van der Waals surface area contributed by atoms with Gasteiger partial charge in [-0.2, -0.15) is 0 Å². The number of nitrogens with one attached hydrogen (secondary N) is 1. The molecule has 0 atom stereocenters. The molecule has 1 aliphatic carbocycles. The highest BCUT2D eigenvalue weighted by Gasteiger charge is 2.54. The van der Waals surface area contributed by atoms with E-state index in [-0.39, 0.29) is 11.9 Å². The predicted octanol–water partition coefficient (Wildman–Crippen LogP) is 1.75. The Labute approximate surface area is 112 Å². The zero-order chi connectivity index (χ0) is 13.5. The van der Waals surface area contributed by atoms with Crippen molar-refractivity contribution in [1.29, 1.82) is 0 Å². The summed E-state index contributed by atoms with van der Waals surface area (Å²) in [5.74, 6) is -0.136. The Morgan fingerprint density at radius 3 is 2.79 bits per heavy atom. The fourth-order valence-electron chi connectivity index (χ4n) is 3.11. The molecule has 100 valence electrons. The van der Waals surface area contributed by atoms with Crippen LogP contribution in [0.15, 0.2) is 18.3 Å². The Kier molecular flexibility index (Phi) is 2.77. The Bertz CT molecular complexity index is 535. The Hall–Kier alpha value is -1.91. The Morgan fingerprint density at radius 1 is 1.37 bits per heavy atom. The van der Waals surface area contributed by atoms with Crippen LogP contribution >= 0.6 is 0 Å². The number of aromatic nitrogens is 1. The van der Waals surface area contributed by atoms with E-state index in [1.165, 1.54) is 0 Å². The molecule has 0 bridgehead atoms. The van der Waals surface area contributed by atoms with Gasteiger partial charge in [-0.15, -0.1) is 0 Å². The summed E-state index contributed by atoms with van der Waals surface area (Å²) >= 11 is 0. The van der Waals surface area contributed by atoms with Crippen molar-refractivity contribution in [3.63, 3.8) is 0 Å². The molecule has 1 spiro atoms. The van der Waals surface area contributed by atoms with Crippen LogP contribution in [0.5, 0.6) is 0 Å². The first-order chi connectivity index (χ1) is 9.13. The number of pyridine rings is 1. The van der Waals surface area contributed by atoms with Crippen molar-refractivity contribution in [2.45, 2.75) is 44.7 Å². The molecule has 1 aromatic rings. The quantitative estimate of drug-likeness (QED) is 0.823. The van der Waals surface area contributed by atoms with Crippen LogP contribution in [0.3, 0.4) is 0 Å². The standard InChI is InChI=1S/C14H17N3O2/c1-10-5-4-8-15-11(10)9-17-13(19)16-12(18)14(17)6-2-3-7-14/h4-5,8H,2-3,6-7,9H2,1H3,(H,16,18,19). The van der Waals surface area contributed by atoms with E-state index < -0.39 is 5.54 Å². The van der Waals surface area contributed by atoms with Gasteiger partial charge in [0.1, 0.15) is 5.54 Å². The van der Waals surface area contributed by atoms with Gasteiger partial charge in [-0.1, -0.05) is 18.9 Å². The molecule has 3 rings (SSSR count). The van der Waals surface area contributed by atoms with Gasteiger partial charge >= 0.3 is 6.03 Å². The minimum atomic E-state index is -0.624. The first-order valence-electron chi connectivity index (χ1n) is 6.67. The third kappa shape index (κ3) is 1.80. The average molecular weight is 259 g/mol. The number of imide groups is 1. The van der Waals surface area contributed by atoms with Gasteiger partial charge in [-0.3, -0.25) is 15.1 Å². The van der Waals surface area contributed by atoms with E-state index in [0.717, 1.165) is 36.9 Å². The van der Waals surface area contributed by atoms with E-state index in [9.17, 15) is 9.59 Å². The second-order valence-electron chi connectivity index (χ2n) is 5.35. The lowest BCUT2D eigenvalue weighted by Gasteiger charge is -2.31. The van der Waals surface area contributed by atoms with Crippen molar-refractivity contribution in [3.8, 4) is 0 Å². The van der Waals surface area contributed by atoms with Crippen molar-refractivity contribution < 1.29 is 9.59 Å². The van der Waals surface area contributed by atoms with Crippen molar-refractivity contribution >= 4 is 11.9 Å². The number of rotatable bonds is 2. The molecule has 3 amide bonds. The minimum Gasteiger partial charge on any atom is -0.304 e. The largest absolute Gasteiger partial charge is 0.325 e. The lowest BCUT2D eigenvalue weighted by Crippen LogP contribution is -2.47.